The summed E-state index contributed by atoms with van der Waals surface area (Å²) in [5.74, 6) is 0.889. The standard InChI is InChI=1S/C17H29N3O.HI/c1-4-5-11-18-17(19-12-6-13-21-3)20-14-16-9-7-15(2)8-10-16;/h7-10H,4-6,11-14H2,1-3H3,(H2,18,19,20);1H. The molecule has 1 aromatic rings. The molecule has 0 aromatic heterocycles. The van der Waals surface area contributed by atoms with Crippen molar-refractivity contribution in [1.29, 1.82) is 0 Å². The summed E-state index contributed by atoms with van der Waals surface area (Å²) in [6.07, 6.45) is 3.32. The molecule has 0 aliphatic heterocycles. The molecule has 0 heterocycles. The van der Waals surface area contributed by atoms with E-state index in [0.717, 1.165) is 38.5 Å². The second-order valence-electron chi connectivity index (χ2n) is 5.20. The Labute approximate surface area is 152 Å². The van der Waals surface area contributed by atoms with Gasteiger partial charge in [-0.05, 0) is 25.3 Å². The molecule has 22 heavy (non-hydrogen) atoms. The lowest BCUT2D eigenvalue weighted by Crippen LogP contribution is -2.38. The van der Waals surface area contributed by atoms with Gasteiger partial charge in [-0.3, -0.25) is 0 Å². The Kier molecular flexibility index (Phi) is 13.3. The number of nitrogens with one attached hydrogen (secondary N) is 2. The number of aryl methyl sites for hydroxylation is 1. The molecule has 0 aliphatic rings. The Balaban J connectivity index is 0.00000441. The van der Waals surface area contributed by atoms with E-state index in [0.29, 0.717) is 6.54 Å². The van der Waals surface area contributed by atoms with Gasteiger partial charge in [-0.25, -0.2) is 4.99 Å². The molecule has 0 unspecified atom stereocenters. The fourth-order valence-electron chi connectivity index (χ4n) is 1.84. The summed E-state index contributed by atoms with van der Waals surface area (Å²) in [5.41, 5.74) is 2.51. The minimum absolute atomic E-state index is 0. The maximum atomic E-state index is 5.06. The fraction of sp³-hybridized carbons (Fsp3) is 0.588. The van der Waals surface area contributed by atoms with Crippen molar-refractivity contribution in [2.75, 3.05) is 26.8 Å². The number of hydrogen-bond donors (Lipinski definition) is 2. The lowest BCUT2D eigenvalue weighted by Gasteiger charge is -2.12. The summed E-state index contributed by atoms with van der Waals surface area (Å²) in [5, 5.41) is 6.73. The zero-order valence-corrected chi connectivity index (χ0v) is 16.4. The van der Waals surface area contributed by atoms with E-state index in [-0.39, 0.29) is 24.0 Å². The molecule has 1 aromatic carbocycles. The highest BCUT2D eigenvalue weighted by atomic mass is 127. The van der Waals surface area contributed by atoms with E-state index < -0.39 is 0 Å². The highest BCUT2D eigenvalue weighted by Gasteiger charge is 1.98. The van der Waals surface area contributed by atoms with Crippen molar-refractivity contribution in [2.24, 2.45) is 4.99 Å². The summed E-state index contributed by atoms with van der Waals surface area (Å²) < 4.78 is 5.06. The highest BCUT2D eigenvalue weighted by Crippen LogP contribution is 2.04. The van der Waals surface area contributed by atoms with Gasteiger partial charge in [0.05, 0.1) is 6.54 Å². The van der Waals surface area contributed by atoms with E-state index in [1.807, 2.05) is 0 Å². The van der Waals surface area contributed by atoms with Crippen molar-refractivity contribution in [3.8, 4) is 0 Å². The number of unbranched alkanes of at least 4 members (excludes halogenated alkanes) is 1. The second-order valence-corrected chi connectivity index (χ2v) is 5.20. The van der Waals surface area contributed by atoms with Crippen LogP contribution in [-0.2, 0) is 11.3 Å². The highest BCUT2D eigenvalue weighted by molar-refractivity contribution is 14.0. The first-order chi connectivity index (χ1) is 10.3. The van der Waals surface area contributed by atoms with E-state index in [9.17, 15) is 0 Å². The van der Waals surface area contributed by atoms with Gasteiger partial charge >= 0.3 is 0 Å². The van der Waals surface area contributed by atoms with Gasteiger partial charge in [0.2, 0.25) is 0 Å². The van der Waals surface area contributed by atoms with Crippen molar-refractivity contribution in [3.05, 3.63) is 35.4 Å². The molecule has 4 nitrogen and oxygen atoms in total. The molecule has 0 spiro atoms. The Morgan fingerprint density at radius 1 is 1.09 bits per heavy atom. The smallest absolute Gasteiger partial charge is 0.191 e. The van der Waals surface area contributed by atoms with Gasteiger partial charge in [-0.2, -0.15) is 0 Å². The number of aliphatic imine (C=N–C) groups is 1. The van der Waals surface area contributed by atoms with Gasteiger partial charge in [0.1, 0.15) is 0 Å². The summed E-state index contributed by atoms with van der Waals surface area (Å²) in [6.45, 7) is 7.60. The van der Waals surface area contributed by atoms with Gasteiger partial charge in [0.25, 0.3) is 0 Å². The largest absolute Gasteiger partial charge is 0.385 e. The lowest BCUT2D eigenvalue weighted by molar-refractivity contribution is 0.195. The number of benzene rings is 1. The van der Waals surface area contributed by atoms with Crippen LogP contribution < -0.4 is 10.6 Å². The maximum Gasteiger partial charge on any atom is 0.191 e. The van der Waals surface area contributed by atoms with Crippen LogP contribution >= 0.6 is 24.0 Å². The fourth-order valence-corrected chi connectivity index (χ4v) is 1.84. The van der Waals surface area contributed by atoms with Gasteiger partial charge < -0.3 is 15.4 Å². The van der Waals surface area contributed by atoms with Crippen LogP contribution in [0, 0.1) is 6.92 Å². The first-order valence-electron chi connectivity index (χ1n) is 7.83. The van der Waals surface area contributed by atoms with Gasteiger partial charge in [0, 0.05) is 26.8 Å². The van der Waals surface area contributed by atoms with E-state index in [1.54, 1.807) is 7.11 Å². The monoisotopic (exact) mass is 419 g/mol. The van der Waals surface area contributed by atoms with Crippen LogP contribution in [0.3, 0.4) is 0 Å². The topological polar surface area (TPSA) is 45.7 Å². The third-order valence-electron chi connectivity index (χ3n) is 3.18. The zero-order chi connectivity index (χ0) is 15.3. The van der Waals surface area contributed by atoms with Crippen LogP contribution in [-0.4, -0.2) is 32.8 Å². The van der Waals surface area contributed by atoms with Crippen LogP contribution in [0.1, 0.15) is 37.3 Å². The summed E-state index contributed by atoms with van der Waals surface area (Å²) in [4.78, 5) is 4.65. The van der Waals surface area contributed by atoms with Crippen molar-refractivity contribution in [1.82, 2.24) is 10.6 Å². The van der Waals surface area contributed by atoms with Crippen LogP contribution in [0.4, 0.5) is 0 Å². The molecule has 0 aliphatic carbocycles. The molecule has 0 amide bonds. The Bertz CT molecular complexity index is 407. The lowest BCUT2D eigenvalue weighted by atomic mass is 10.1. The van der Waals surface area contributed by atoms with Crippen LogP contribution in [0.5, 0.6) is 0 Å². The predicted octanol–water partition coefficient (Wildman–Crippen LogP) is 3.48. The summed E-state index contributed by atoms with van der Waals surface area (Å²) in [6, 6.07) is 8.52. The minimum atomic E-state index is 0. The predicted molar refractivity (Wildman–Crippen MR) is 105 cm³/mol. The molecule has 0 fully saturated rings. The van der Waals surface area contributed by atoms with Crippen LogP contribution in [0.15, 0.2) is 29.3 Å². The number of hydrogen-bond acceptors (Lipinski definition) is 2. The molecule has 0 radical (unpaired) electrons. The normalized spacial score (nSPS) is 11.0. The zero-order valence-electron chi connectivity index (χ0n) is 14.0. The third-order valence-corrected chi connectivity index (χ3v) is 3.18. The van der Waals surface area contributed by atoms with Crippen molar-refractivity contribution >= 4 is 29.9 Å². The molecular formula is C17H30IN3O. The number of nitrogens with zero attached hydrogens (tertiary/aromatic N) is 1. The molecule has 2 N–H and O–H groups in total. The molecule has 0 atom stereocenters. The average Bonchev–Trinajstić information content (AvgIpc) is 2.50. The second kappa shape index (κ2) is 13.8. The van der Waals surface area contributed by atoms with Crippen LogP contribution in [0.25, 0.3) is 0 Å². The number of rotatable bonds is 9. The minimum Gasteiger partial charge on any atom is -0.385 e. The maximum absolute atomic E-state index is 5.06. The number of halogens is 1. The molecular weight excluding hydrogens is 389 g/mol. The van der Waals surface area contributed by atoms with Crippen molar-refractivity contribution in [2.45, 2.75) is 39.7 Å². The van der Waals surface area contributed by atoms with Gasteiger partial charge in [-0.1, -0.05) is 43.2 Å². The molecule has 0 saturated carbocycles. The Hall–Kier alpha value is -0.820. The van der Waals surface area contributed by atoms with Crippen molar-refractivity contribution < 1.29 is 4.74 Å². The quantitative estimate of drug-likeness (QED) is 0.279. The number of methoxy groups -OCH3 is 1. The SMILES string of the molecule is CCCCNC(=NCc1ccc(C)cc1)NCCCOC.I. The molecule has 1 rings (SSSR count). The third kappa shape index (κ3) is 10.00. The first-order valence-corrected chi connectivity index (χ1v) is 7.83. The summed E-state index contributed by atoms with van der Waals surface area (Å²) >= 11 is 0. The Morgan fingerprint density at radius 2 is 1.73 bits per heavy atom. The molecule has 0 saturated heterocycles. The average molecular weight is 419 g/mol. The number of ether oxygens (including phenoxy) is 1. The van der Waals surface area contributed by atoms with E-state index in [4.69, 9.17) is 4.74 Å². The van der Waals surface area contributed by atoms with Gasteiger partial charge in [0.15, 0.2) is 5.96 Å². The van der Waals surface area contributed by atoms with Crippen LogP contribution in [0.2, 0.25) is 0 Å². The van der Waals surface area contributed by atoms with E-state index in [2.05, 4.69) is 53.7 Å². The first kappa shape index (κ1) is 21.2. The number of guanidine groups is 1. The van der Waals surface area contributed by atoms with Gasteiger partial charge in [-0.15, -0.1) is 24.0 Å². The molecule has 5 heteroatoms. The van der Waals surface area contributed by atoms with E-state index in [1.165, 1.54) is 17.5 Å². The van der Waals surface area contributed by atoms with E-state index >= 15 is 0 Å². The Morgan fingerprint density at radius 3 is 2.32 bits per heavy atom. The molecule has 0 bridgehead atoms. The summed E-state index contributed by atoms with van der Waals surface area (Å²) in [7, 11) is 1.73. The van der Waals surface area contributed by atoms with Crippen molar-refractivity contribution in [3.63, 3.8) is 0 Å². The molecule has 126 valence electrons.